The van der Waals surface area contributed by atoms with Crippen molar-refractivity contribution in [3.63, 3.8) is 0 Å². The number of nitrogens with zero attached hydrogens (tertiary/aromatic N) is 23. The molecule has 0 aliphatic rings. The van der Waals surface area contributed by atoms with Crippen LogP contribution < -0.4 is 0 Å². The number of benzene rings is 5. The van der Waals surface area contributed by atoms with E-state index in [9.17, 15) is 0 Å². The molecule has 0 unspecified atom stereocenters. The molecule has 5 aromatic carbocycles. The first kappa shape index (κ1) is 69.4. The number of hydrogen-bond donors (Lipinski definition) is 0. The molecule has 0 amide bonds. The Morgan fingerprint density at radius 2 is 0.643 bits per heavy atom. The molecule has 0 saturated heterocycles. The lowest BCUT2D eigenvalue weighted by Gasteiger charge is -1.90. The van der Waals surface area contributed by atoms with Crippen molar-refractivity contribution in [3.05, 3.63) is 295 Å². The molecular formula is C75H81N23. The zero-order chi connectivity index (χ0) is 69.0. The molecule has 23 nitrogen and oxygen atoms in total. The molecule has 0 aliphatic carbocycles. The van der Waals surface area contributed by atoms with Gasteiger partial charge in [-0.05, 0) is 82.2 Å². The SMILES string of the molecule is Cn1cc2ccccc2c1.Cn1cc2ccccc2c1.Cn1cc2cccnc2c1.Cn1cc2cccnc2c1.Cn1cc2nccnc2c1.Cn1cccn1.Cn1cnc2ccccc21.Cn1cnc2ccccc21.Cn1cncn1.Cn1ncc2ccccc21.Cn1nccn1. The van der Waals surface area contributed by atoms with Crippen LogP contribution in [0, 0.1) is 0 Å². The largest absolute Gasteiger partial charge is 0.356 e. The third-order valence-corrected chi connectivity index (χ3v) is 14.5. The van der Waals surface area contributed by atoms with Gasteiger partial charge in [-0.15, -0.1) is 0 Å². The molecule has 19 rings (SSSR count). The van der Waals surface area contributed by atoms with Crippen molar-refractivity contribution in [2.24, 2.45) is 77.5 Å². The third-order valence-electron chi connectivity index (χ3n) is 14.5. The van der Waals surface area contributed by atoms with Gasteiger partial charge in [0.05, 0.1) is 69.9 Å². The number of pyridine rings is 2. The number of fused-ring (bicyclic) bond motifs is 8. The molecule has 0 atom stereocenters. The molecule has 0 radical (unpaired) electrons. The second-order valence-corrected chi connectivity index (χ2v) is 22.4. The molecular weight excluding hydrogens is 1220 g/mol. The molecule has 0 spiro atoms. The van der Waals surface area contributed by atoms with Gasteiger partial charge in [0.25, 0.3) is 0 Å². The summed E-state index contributed by atoms with van der Waals surface area (Å²) in [6.07, 6.45) is 43.1. The van der Waals surface area contributed by atoms with Gasteiger partial charge in [0, 0.05) is 193 Å². The highest BCUT2D eigenvalue weighted by Crippen LogP contribution is 2.16. The molecule has 98 heavy (non-hydrogen) atoms. The van der Waals surface area contributed by atoms with Crippen molar-refractivity contribution in [3.8, 4) is 0 Å². The van der Waals surface area contributed by atoms with Gasteiger partial charge >= 0.3 is 0 Å². The topological polar surface area (TPSA) is 209 Å². The van der Waals surface area contributed by atoms with Gasteiger partial charge in [-0.2, -0.15) is 30.3 Å². The predicted octanol–water partition coefficient (Wildman–Crippen LogP) is 13.2. The number of aromatic nitrogens is 23. The zero-order valence-corrected chi connectivity index (χ0v) is 57.0. The maximum atomic E-state index is 4.18. The summed E-state index contributed by atoms with van der Waals surface area (Å²) in [6.45, 7) is 0. The van der Waals surface area contributed by atoms with Gasteiger partial charge in [-0.3, -0.25) is 34.0 Å². The minimum absolute atomic E-state index is 0.949. The summed E-state index contributed by atoms with van der Waals surface area (Å²) >= 11 is 0. The fourth-order valence-electron chi connectivity index (χ4n) is 9.78. The molecule has 14 heterocycles. The first-order valence-corrected chi connectivity index (χ1v) is 31.2. The van der Waals surface area contributed by atoms with Crippen LogP contribution in [-0.2, 0) is 77.5 Å². The van der Waals surface area contributed by atoms with Crippen LogP contribution in [0.15, 0.2) is 295 Å². The van der Waals surface area contributed by atoms with E-state index in [1.165, 1.54) is 65.4 Å². The van der Waals surface area contributed by atoms with Crippen LogP contribution in [0.2, 0.25) is 0 Å². The highest BCUT2D eigenvalue weighted by molar-refractivity contribution is 5.83. The summed E-state index contributed by atoms with van der Waals surface area (Å²) in [5, 5.41) is 28.0. The molecule has 0 aliphatic heterocycles. The van der Waals surface area contributed by atoms with Gasteiger partial charge in [0.1, 0.15) is 23.7 Å². The van der Waals surface area contributed by atoms with E-state index in [-0.39, 0.29) is 0 Å². The van der Waals surface area contributed by atoms with Crippen molar-refractivity contribution in [2.45, 2.75) is 0 Å². The van der Waals surface area contributed by atoms with Crippen molar-refractivity contribution in [1.82, 2.24) is 111 Å². The molecule has 496 valence electrons. The lowest BCUT2D eigenvalue weighted by Crippen LogP contribution is -1.89. The van der Waals surface area contributed by atoms with E-state index in [1.807, 2.05) is 227 Å². The second kappa shape index (κ2) is 35.4. The van der Waals surface area contributed by atoms with Crippen LogP contribution >= 0.6 is 0 Å². The van der Waals surface area contributed by atoms with Crippen LogP contribution in [-0.4, -0.2) is 111 Å². The zero-order valence-electron chi connectivity index (χ0n) is 57.0. The third kappa shape index (κ3) is 21.0. The molecule has 23 heteroatoms. The number of rotatable bonds is 0. The average Bonchev–Trinajstić information content (AvgIpc) is 2.23. The minimum Gasteiger partial charge on any atom is -0.356 e. The minimum atomic E-state index is 0.949. The van der Waals surface area contributed by atoms with E-state index >= 15 is 0 Å². The van der Waals surface area contributed by atoms with Crippen molar-refractivity contribution < 1.29 is 0 Å². The second-order valence-electron chi connectivity index (χ2n) is 22.4. The molecule has 0 N–H and O–H groups in total. The van der Waals surface area contributed by atoms with E-state index in [4.69, 9.17) is 0 Å². The average molecular weight is 1300 g/mol. The Hall–Kier alpha value is -12.9. The standard InChI is InChI=1S/2C9H9N.5C8H8N2.C7H7N3.C4H6N2.2C3H5N3/c2*1-10-6-8-4-2-3-5-9(8)7-10;2*1-10-5-7-3-2-4-9-8(7)6-10;2*1-10-6-9-7-4-2-3-5-8(7)10;1-10-8-5-3-2-4-7(8)6-9-10;1-10-4-6-7(5-10)9-3-2-8-6;1-6-4-2-3-5-6;1-6-3-4-2-5-6;1-6-4-2-3-5-6/h2*2-7H,1H3;5*2-6H,1H3;2-5H,1H3;2-4H,1H3;2*2-3H,1H3. The van der Waals surface area contributed by atoms with E-state index in [2.05, 4.69) is 192 Å². The number of imidazole rings is 2. The first-order valence-electron chi connectivity index (χ1n) is 31.2. The maximum Gasteiger partial charge on any atom is 0.137 e. The quantitative estimate of drug-likeness (QED) is 0.139. The van der Waals surface area contributed by atoms with Crippen LogP contribution in [0.3, 0.4) is 0 Å². The van der Waals surface area contributed by atoms with E-state index in [0.29, 0.717) is 0 Å². The summed E-state index contributed by atoms with van der Waals surface area (Å²) in [4.78, 5) is 30.1. The molecule has 14 aromatic heterocycles. The van der Waals surface area contributed by atoms with Crippen molar-refractivity contribution in [2.75, 3.05) is 0 Å². The lowest BCUT2D eigenvalue weighted by atomic mass is 10.2. The van der Waals surface area contributed by atoms with Gasteiger partial charge in [0.15, 0.2) is 0 Å². The summed E-state index contributed by atoms with van der Waals surface area (Å²) in [7, 11) is 21.5. The Morgan fingerprint density at radius 3 is 1.00 bits per heavy atom. The van der Waals surface area contributed by atoms with Crippen molar-refractivity contribution >= 4 is 87.4 Å². The molecule has 0 bridgehead atoms. The van der Waals surface area contributed by atoms with Crippen LogP contribution in [0.4, 0.5) is 0 Å². The first-order chi connectivity index (χ1) is 47.6. The van der Waals surface area contributed by atoms with Gasteiger partial charge in [-0.1, -0.05) is 91.0 Å². The monoisotopic (exact) mass is 1300 g/mol. The number of para-hydroxylation sites is 5. The molecule has 19 aromatic rings. The lowest BCUT2D eigenvalue weighted by molar-refractivity contribution is 0.654. The Balaban J connectivity index is 0.000000127. The normalized spacial score (nSPS) is 10.2. The van der Waals surface area contributed by atoms with Gasteiger partial charge in [0.2, 0.25) is 0 Å². The highest BCUT2D eigenvalue weighted by atomic mass is 15.4. The smallest absolute Gasteiger partial charge is 0.137 e. The number of aryl methyl sites for hydroxylation is 11. The van der Waals surface area contributed by atoms with Gasteiger partial charge in [-0.25, -0.2) is 15.0 Å². The molecule has 0 fully saturated rings. The summed E-state index contributed by atoms with van der Waals surface area (Å²) < 4.78 is 19.4. The Labute approximate surface area is 568 Å². The van der Waals surface area contributed by atoms with E-state index in [1.54, 1.807) is 53.7 Å². The highest BCUT2D eigenvalue weighted by Gasteiger charge is 1.99. The van der Waals surface area contributed by atoms with Crippen LogP contribution in [0.5, 0.6) is 0 Å². The Kier molecular flexibility index (Phi) is 25.1. The van der Waals surface area contributed by atoms with E-state index < -0.39 is 0 Å². The Morgan fingerprint density at radius 1 is 0.255 bits per heavy atom. The van der Waals surface area contributed by atoms with Crippen LogP contribution in [0.25, 0.3) is 87.4 Å². The van der Waals surface area contributed by atoms with E-state index in [0.717, 1.165) is 33.1 Å². The summed E-state index contributed by atoms with van der Waals surface area (Å²) in [5.74, 6) is 0. The molecule has 0 saturated carbocycles. The summed E-state index contributed by atoms with van der Waals surface area (Å²) in [6, 6.07) is 50.9. The fourth-order valence-corrected chi connectivity index (χ4v) is 9.78. The predicted molar refractivity (Wildman–Crippen MR) is 393 cm³/mol. The van der Waals surface area contributed by atoms with Crippen LogP contribution in [0.1, 0.15) is 0 Å². The summed E-state index contributed by atoms with van der Waals surface area (Å²) in [5.41, 5.74) is 9.69. The fraction of sp³-hybridized carbons (Fsp3) is 0.147. The van der Waals surface area contributed by atoms with Gasteiger partial charge < -0.3 is 32.0 Å². The number of hydrogen-bond acceptors (Lipinski definition) is 12. The van der Waals surface area contributed by atoms with Crippen molar-refractivity contribution in [1.29, 1.82) is 0 Å². The maximum absolute atomic E-state index is 4.18. The Bertz CT molecular complexity index is 4540.